The largest absolute Gasteiger partial charge is 0.347 e. The fourth-order valence-corrected chi connectivity index (χ4v) is 2.46. The van der Waals surface area contributed by atoms with Gasteiger partial charge in [0.2, 0.25) is 5.91 Å². The molecule has 0 aliphatic carbocycles. The number of aromatic amines is 1. The van der Waals surface area contributed by atoms with Crippen molar-refractivity contribution in [2.24, 2.45) is 5.92 Å². The van der Waals surface area contributed by atoms with Gasteiger partial charge in [-0.1, -0.05) is 13.3 Å². The highest BCUT2D eigenvalue weighted by atomic mass is 16.2. The second kappa shape index (κ2) is 6.00. The van der Waals surface area contributed by atoms with Gasteiger partial charge in [0.15, 0.2) is 0 Å². The van der Waals surface area contributed by atoms with Crippen molar-refractivity contribution < 1.29 is 4.79 Å². The van der Waals surface area contributed by atoms with E-state index in [0.29, 0.717) is 5.92 Å². The molecule has 0 aromatic carbocycles. The van der Waals surface area contributed by atoms with E-state index >= 15 is 0 Å². The zero-order chi connectivity index (χ0) is 13.0. The third-order valence-corrected chi connectivity index (χ3v) is 3.69. The molecule has 0 radical (unpaired) electrons. The summed E-state index contributed by atoms with van der Waals surface area (Å²) in [6.07, 6.45) is 6.73. The van der Waals surface area contributed by atoms with Crippen LogP contribution < -0.4 is 10.6 Å². The maximum absolute atomic E-state index is 12.1. The van der Waals surface area contributed by atoms with E-state index in [1.165, 1.54) is 6.42 Å². The Morgan fingerprint density at radius 2 is 2.50 bits per heavy atom. The first kappa shape index (κ1) is 13.1. The number of hydrogen-bond donors (Lipinski definition) is 3. The number of hydrogen-bond acceptors (Lipinski definition) is 3. The first-order valence-corrected chi connectivity index (χ1v) is 6.73. The predicted molar refractivity (Wildman–Crippen MR) is 70.0 cm³/mol. The fourth-order valence-electron chi connectivity index (χ4n) is 2.46. The molecule has 3 unspecified atom stereocenters. The lowest BCUT2D eigenvalue weighted by molar-refractivity contribution is -0.124. The number of carbonyl (C=O) groups excluding carboxylic acids is 1. The minimum atomic E-state index is -0.0729. The SMILES string of the molecule is CCC1CCNC(C(=O)NC(C)c2ncc[nH]2)C1. The molecule has 5 heteroatoms. The number of nitrogens with one attached hydrogen (secondary N) is 3. The Morgan fingerprint density at radius 3 is 3.17 bits per heavy atom. The van der Waals surface area contributed by atoms with Crippen LogP contribution in [0.25, 0.3) is 0 Å². The maximum atomic E-state index is 12.1. The number of amides is 1. The summed E-state index contributed by atoms with van der Waals surface area (Å²) in [6, 6.07) is -0.127. The summed E-state index contributed by atoms with van der Waals surface area (Å²) in [6.45, 7) is 5.07. The fraction of sp³-hybridized carbons (Fsp3) is 0.692. The first-order valence-electron chi connectivity index (χ1n) is 6.73. The number of carbonyl (C=O) groups is 1. The maximum Gasteiger partial charge on any atom is 0.237 e. The van der Waals surface area contributed by atoms with E-state index in [1.54, 1.807) is 12.4 Å². The van der Waals surface area contributed by atoms with Gasteiger partial charge in [0.1, 0.15) is 5.82 Å². The molecule has 2 heterocycles. The van der Waals surface area contributed by atoms with E-state index in [9.17, 15) is 4.79 Å². The topological polar surface area (TPSA) is 69.8 Å². The standard InChI is InChI=1S/C13H22N4O/c1-3-10-4-5-14-11(8-10)13(18)17-9(2)12-15-6-7-16-12/h6-7,9-11,14H,3-5,8H2,1-2H3,(H,15,16)(H,17,18). The molecule has 1 aromatic heterocycles. The van der Waals surface area contributed by atoms with Gasteiger partial charge in [-0.15, -0.1) is 0 Å². The molecule has 100 valence electrons. The Labute approximate surface area is 108 Å². The van der Waals surface area contributed by atoms with Crippen LogP contribution in [0.4, 0.5) is 0 Å². The lowest BCUT2D eigenvalue weighted by Gasteiger charge is -2.29. The van der Waals surface area contributed by atoms with Gasteiger partial charge < -0.3 is 15.6 Å². The van der Waals surface area contributed by atoms with Crippen molar-refractivity contribution in [3.05, 3.63) is 18.2 Å². The summed E-state index contributed by atoms with van der Waals surface area (Å²) in [5, 5.41) is 6.29. The van der Waals surface area contributed by atoms with Gasteiger partial charge in [-0.05, 0) is 32.2 Å². The third kappa shape index (κ3) is 3.10. The van der Waals surface area contributed by atoms with Crippen molar-refractivity contribution in [2.45, 2.75) is 45.2 Å². The van der Waals surface area contributed by atoms with Crippen LogP contribution in [0, 0.1) is 5.92 Å². The highest BCUT2D eigenvalue weighted by Crippen LogP contribution is 2.19. The third-order valence-electron chi connectivity index (χ3n) is 3.69. The summed E-state index contributed by atoms with van der Waals surface area (Å²) >= 11 is 0. The van der Waals surface area contributed by atoms with Gasteiger partial charge >= 0.3 is 0 Å². The van der Waals surface area contributed by atoms with Crippen molar-refractivity contribution in [3.63, 3.8) is 0 Å². The molecule has 0 spiro atoms. The van der Waals surface area contributed by atoms with Gasteiger partial charge in [0.05, 0.1) is 12.1 Å². The van der Waals surface area contributed by atoms with E-state index in [1.807, 2.05) is 6.92 Å². The molecule has 1 aromatic rings. The van der Waals surface area contributed by atoms with Crippen LogP contribution in [0.5, 0.6) is 0 Å². The molecule has 3 N–H and O–H groups in total. The molecular formula is C13H22N4O. The van der Waals surface area contributed by atoms with Gasteiger partial charge in [0, 0.05) is 12.4 Å². The number of aromatic nitrogens is 2. The van der Waals surface area contributed by atoms with E-state index < -0.39 is 0 Å². The molecule has 1 amide bonds. The minimum Gasteiger partial charge on any atom is -0.347 e. The van der Waals surface area contributed by atoms with E-state index in [4.69, 9.17) is 0 Å². The zero-order valence-electron chi connectivity index (χ0n) is 11.1. The van der Waals surface area contributed by atoms with Crippen molar-refractivity contribution in [3.8, 4) is 0 Å². The molecule has 0 saturated carbocycles. The van der Waals surface area contributed by atoms with E-state index in [-0.39, 0.29) is 18.0 Å². The van der Waals surface area contributed by atoms with Crippen LogP contribution in [-0.4, -0.2) is 28.5 Å². The zero-order valence-corrected chi connectivity index (χ0v) is 11.1. The smallest absolute Gasteiger partial charge is 0.237 e. The summed E-state index contributed by atoms with van der Waals surface area (Å²) in [5.41, 5.74) is 0. The van der Waals surface area contributed by atoms with Crippen molar-refractivity contribution >= 4 is 5.91 Å². The highest BCUT2D eigenvalue weighted by molar-refractivity contribution is 5.82. The molecule has 0 bridgehead atoms. The molecule has 18 heavy (non-hydrogen) atoms. The Morgan fingerprint density at radius 1 is 1.67 bits per heavy atom. The number of nitrogens with zero attached hydrogens (tertiary/aromatic N) is 1. The molecule has 1 aliphatic rings. The van der Waals surface area contributed by atoms with Crippen LogP contribution in [0.15, 0.2) is 12.4 Å². The summed E-state index contributed by atoms with van der Waals surface area (Å²) in [5.74, 6) is 1.55. The normalized spacial score (nSPS) is 25.7. The molecule has 1 saturated heterocycles. The predicted octanol–water partition coefficient (Wildman–Crippen LogP) is 1.37. The van der Waals surface area contributed by atoms with E-state index in [0.717, 1.165) is 25.2 Å². The first-order chi connectivity index (χ1) is 8.70. The highest BCUT2D eigenvalue weighted by Gasteiger charge is 2.26. The van der Waals surface area contributed by atoms with Gasteiger partial charge in [-0.3, -0.25) is 4.79 Å². The van der Waals surface area contributed by atoms with Crippen molar-refractivity contribution in [1.29, 1.82) is 0 Å². The van der Waals surface area contributed by atoms with Crippen LogP contribution >= 0.6 is 0 Å². The Hall–Kier alpha value is -1.36. The van der Waals surface area contributed by atoms with Crippen LogP contribution in [0.3, 0.4) is 0 Å². The van der Waals surface area contributed by atoms with E-state index in [2.05, 4.69) is 27.5 Å². The monoisotopic (exact) mass is 250 g/mol. The summed E-state index contributed by atoms with van der Waals surface area (Å²) in [4.78, 5) is 19.3. The molecule has 1 fully saturated rings. The molecule has 5 nitrogen and oxygen atoms in total. The Bertz CT molecular complexity index is 376. The van der Waals surface area contributed by atoms with Crippen LogP contribution in [0.2, 0.25) is 0 Å². The average Bonchev–Trinajstić information content (AvgIpc) is 2.92. The van der Waals surface area contributed by atoms with Gasteiger partial charge in [-0.25, -0.2) is 4.98 Å². The van der Waals surface area contributed by atoms with Crippen molar-refractivity contribution in [2.75, 3.05) is 6.54 Å². The lowest BCUT2D eigenvalue weighted by atomic mass is 9.90. The Kier molecular flexibility index (Phi) is 4.36. The molecule has 1 aliphatic heterocycles. The van der Waals surface area contributed by atoms with Crippen LogP contribution in [0.1, 0.15) is 45.0 Å². The van der Waals surface area contributed by atoms with Crippen LogP contribution in [-0.2, 0) is 4.79 Å². The Balaban J connectivity index is 1.87. The molecular weight excluding hydrogens is 228 g/mol. The number of H-pyrrole nitrogens is 1. The molecule has 2 rings (SSSR count). The quantitative estimate of drug-likeness (QED) is 0.756. The average molecular weight is 250 g/mol. The van der Waals surface area contributed by atoms with Crippen molar-refractivity contribution in [1.82, 2.24) is 20.6 Å². The number of piperidine rings is 1. The van der Waals surface area contributed by atoms with Gasteiger partial charge in [0.25, 0.3) is 0 Å². The second-order valence-electron chi connectivity index (χ2n) is 5.01. The number of imidazole rings is 1. The number of rotatable bonds is 4. The van der Waals surface area contributed by atoms with Gasteiger partial charge in [-0.2, -0.15) is 0 Å². The lowest BCUT2D eigenvalue weighted by Crippen LogP contribution is -2.49. The molecule has 3 atom stereocenters. The second-order valence-corrected chi connectivity index (χ2v) is 5.01. The summed E-state index contributed by atoms with van der Waals surface area (Å²) in [7, 11) is 0. The minimum absolute atomic E-state index is 0.0545. The summed E-state index contributed by atoms with van der Waals surface area (Å²) < 4.78 is 0.